The van der Waals surface area contributed by atoms with E-state index in [1.54, 1.807) is 0 Å². The normalized spacial score (nSPS) is 10.5. The van der Waals surface area contributed by atoms with Gasteiger partial charge in [-0.25, -0.2) is 0 Å². The number of anilines is 1. The summed E-state index contributed by atoms with van der Waals surface area (Å²) in [6.45, 7) is 3.80. The largest absolute Gasteiger partial charge is 0.337 e. The molecule has 4 nitrogen and oxygen atoms in total. The molecule has 0 aliphatic rings. The monoisotopic (exact) mass is 358 g/mol. The maximum Gasteiger partial charge on any atom is 0.313 e. The lowest BCUT2D eigenvalue weighted by Crippen LogP contribution is -2.38. The Labute approximate surface area is 159 Å². The van der Waals surface area contributed by atoms with E-state index in [-0.39, 0.29) is 0 Å². The molecule has 3 aromatic rings. The van der Waals surface area contributed by atoms with Crippen molar-refractivity contribution in [3.8, 4) is 0 Å². The predicted molar refractivity (Wildman–Crippen MR) is 107 cm³/mol. The minimum atomic E-state index is -0.677. The molecule has 0 saturated carbocycles. The van der Waals surface area contributed by atoms with Gasteiger partial charge in [-0.1, -0.05) is 78.9 Å². The van der Waals surface area contributed by atoms with Crippen LogP contribution >= 0.6 is 0 Å². The number of benzene rings is 3. The Morgan fingerprint density at radius 3 is 1.63 bits per heavy atom. The van der Waals surface area contributed by atoms with Crippen molar-refractivity contribution in [2.75, 3.05) is 5.32 Å². The molecule has 0 bridgehead atoms. The van der Waals surface area contributed by atoms with Crippen molar-refractivity contribution in [1.29, 1.82) is 0 Å². The standard InChI is InChI=1S/C23H22N2O2/c1-16-10-9-11-17(2)20(16)24-22(26)23(27)25-21(18-12-5-3-6-13-18)19-14-7-4-8-15-19/h3-15,21H,1-2H3,(H,24,26)(H,25,27). The van der Waals surface area contributed by atoms with E-state index < -0.39 is 17.9 Å². The Kier molecular flexibility index (Phi) is 5.67. The fourth-order valence-corrected chi connectivity index (χ4v) is 3.03. The van der Waals surface area contributed by atoms with Crippen molar-refractivity contribution in [1.82, 2.24) is 5.32 Å². The van der Waals surface area contributed by atoms with Crippen LogP contribution in [0.3, 0.4) is 0 Å². The van der Waals surface area contributed by atoms with Gasteiger partial charge in [-0.05, 0) is 36.1 Å². The molecule has 4 heteroatoms. The molecule has 136 valence electrons. The Bertz CT molecular complexity index is 877. The summed E-state index contributed by atoms with van der Waals surface area (Å²) < 4.78 is 0. The fraction of sp³-hybridized carbons (Fsp3) is 0.130. The van der Waals surface area contributed by atoms with Crippen molar-refractivity contribution in [2.24, 2.45) is 0 Å². The Hall–Kier alpha value is -3.40. The number of rotatable bonds is 4. The molecule has 0 aliphatic heterocycles. The quantitative estimate of drug-likeness (QED) is 0.689. The van der Waals surface area contributed by atoms with Crippen LogP contribution in [-0.2, 0) is 9.59 Å². The summed E-state index contributed by atoms with van der Waals surface area (Å²) in [6, 6.07) is 24.5. The maximum absolute atomic E-state index is 12.6. The van der Waals surface area contributed by atoms with Gasteiger partial charge >= 0.3 is 11.8 Å². The number of amides is 2. The van der Waals surface area contributed by atoms with E-state index in [9.17, 15) is 9.59 Å². The van der Waals surface area contributed by atoms with Crippen LogP contribution in [0.25, 0.3) is 0 Å². The summed E-state index contributed by atoms with van der Waals surface area (Å²) in [4.78, 5) is 25.1. The zero-order valence-corrected chi connectivity index (χ0v) is 15.4. The third kappa shape index (κ3) is 4.42. The molecule has 2 N–H and O–H groups in total. The third-order valence-corrected chi connectivity index (χ3v) is 4.47. The van der Waals surface area contributed by atoms with Crippen LogP contribution in [0.2, 0.25) is 0 Å². The highest BCUT2D eigenvalue weighted by Crippen LogP contribution is 2.22. The number of carbonyl (C=O) groups is 2. The van der Waals surface area contributed by atoms with Crippen LogP contribution in [0.4, 0.5) is 5.69 Å². The van der Waals surface area contributed by atoms with Gasteiger partial charge in [0.15, 0.2) is 0 Å². The molecule has 3 aromatic carbocycles. The second kappa shape index (κ2) is 8.32. The van der Waals surface area contributed by atoms with Crippen LogP contribution in [0.15, 0.2) is 78.9 Å². The van der Waals surface area contributed by atoms with Gasteiger partial charge in [0, 0.05) is 5.69 Å². The first kappa shape index (κ1) is 18.4. The average molecular weight is 358 g/mol. The second-order valence-corrected chi connectivity index (χ2v) is 6.45. The van der Waals surface area contributed by atoms with Gasteiger partial charge in [-0.2, -0.15) is 0 Å². The molecule has 0 unspecified atom stereocenters. The molecule has 0 saturated heterocycles. The van der Waals surface area contributed by atoms with Crippen LogP contribution in [0.1, 0.15) is 28.3 Å². The van der Waals surface area contributed by atoms with Crippen molar-refractivity contribution < 1.29 is 9.59 Å². The smallest absolute Gasteiger partial charge is 0.313 e. The highest BCUT2D eigenvalue weighted by Gasteiger charge is 2.22. The molecule has 0 aliphatic carbocycles. The molecule has 3 rings (SSSR count). The van der Waals surface area contributed by atoms with E-state index in [2.05, 4.69) is 10.6 Å². The second-order valence-electron chi connectivity index (χ2n) is 6.45. The van der Waals surface area contributed by atoms with Gasteiger partial charge < -0.3 is 10.6 Å². The van der Waals surface area contributed by atoms with E-state index in [1.807, 2.05) is 92.7 Å². The van der Waals surface area contributed by atoms with Crippen LogP contribution in [0.5, 0.6) is 0 Å². The molecular formula is C23H22N2O2. The van der Waals surface area contributed by atoms with Gasteiger partial charge in [0.05, 0.1) is 6.04 Å². The van der Waals surface area contributed by atoms with Crippen LogP contribution in [-0.4, -0.2) is 11.8 Å². The summed E-state index contributed by atoms with van der Waals surface area (Å²) in [6.07, 6.45) is 0. The molecule has 0 fully saturated rings. The summed E-state index contributed by atoms with van der Waals surface area (Å²) in [5, 5.41) is 5.59. The lowest BCUT2D eigenvalue weighted by Gasteiger charge is -2.20. The van der Waals surface area contributed by atoms with Gasteiger partial charge in [0.2, 0.25) is 0 Å². The number of aryl methyl sites for hydroxylation is 2. The third-order valence-electron chi connectivity index (χ3n) is 4.47. The number of hydrogen-bond donors (Lipinski definition) is 2. The van der Waals surface area contributed by atoms with Gasteiger partial charge in [-0.3, -0.25) is 9.59 Å². The summed E-state index contributed by atoms with van der Waals surface area (Å²) >= 11 is 0. The van der Waals surface area contributed by atoms with Gasteiger partial charge in [0.1, 0.15) is 0 Å². The minimum absolute atomic E-state index is 0.399. The predicted octanol–water partition coefficient (Wildman–Crippen LogP) is 4.15. The molecular weight excluding hydrogens is 336 g/mol. The first-order chi connectivity index (χ1) is 13.1. The number of nitrogens with one attached hydrogen (secondary N) is 2. The van der Waals surface area contributed by atoms with E-state index >= 15 is 0 Å². The Balaban J connectivity index is 1.81. The van der Waals surface area contributed by atoms with E-state index in [1.165, 1.54) is 0 Å². The van der Waals surface area contributed by atoms with Crippen molar-refractivity contribution in [3.63, 3.8) is 0 Å². The zero-order valence-electron chi connectivity index (χ0n) is 15.4. The molecule has 0 aromatic heterocycles. The van der Waals surface area contributed by atoms with E-state index in [0.29, 0.717) is 5.69 Å². The van der Waals surface area contributed by atoms with Crippen LogP contribution in [0, 0.1) is 13.8 Å². The zero-order chi connectivity index (χ0) is 19.2. The van der Waals surface area contributed by atoms with Crippen molar-refractivity contribution in [3.05, 3.63) is 101 Å². The first-order valence-corrected chi connectivity index (χ1v) is 8.84. The van der Waals surface area contributed by atoms with E-state index in [0.717, 1.165) is 22.3 Å². The lowest BCUT2D eigenvalue weighted by atomic mass is 9.98. The highest BCUT2D eigenvalue weighted by molar-refractivity contribution is 6.39. The summed E-state index contributed by atoms with van der Waals surface area (Å²) in [5.41, 5.74) is 4.33. The summed E-state index contributed by atoms with van der Waals surface area (Å²) in [7, 11) is 0. The molecule has 27 heavy (non-hydrogen) atoms. The fourth-order valence-electron chi connectivity index (χ4n) is 3.03. The molecule has 0 atom stereocenters. The van der Waals surface area contributed by atoms with Crippen LogP contribution < -0.4 is 10.6 Å². The van der Waals surface area contributed by atoms with Gasteiger partial charge in [-0.15, -0.1) is 0 Å². The van der Waals surface area contributed by atoms with E-state index in [4.69, 9.17) is 0 Å². The Morgan fingerprint density at radius 2 is 1.15 bits per heavy atom. The molecule has 2 amide bonds. The Morgan fingerprint density at radius 1 is 0.667 bits per heavy atom. The van der Waals surface area contributed by atoms with Crippen molar-refractivity contribution in [2.45, 2.75) is 19.9 Å². The average Bonchev–Trinajstić information content (AvgIpc) is 2.70. The van der Waals surface area contributed by atoms with Crippen molar-refractivity contribution >= 4 is 17.5 Å². The molecule has 0 heterocycles. The number of para-hydroxylation sites is 1. The first-order valence-electron chi connectivity index (χ1n) is 8.84. The van der Waals surface area contributed by atoms with Gasteiger partial charge in [0.25, 0.3) is 0 Å². The lowest BCUT2D eigenvalue weighted by molar-refractivity contribution is -0.136. The molecule has 0 radical (unpaired) electrons. The summed E-state index contributed by atoms with van der Waals surface area (Å²) in [5.74, 6) is -1.35. The molecule has 0 spiro atoms. The topological polar surface area (TPSA) is 58.2 Å². The minimum Gasteiger partial charge on any atom is -0.337 e. The highest BCUT2D eigenvalue weighted by atomic mass is 16.2. The maximum atomic E-state index is 12.6. The number of hydrogen-bond acceptors (Lipinski definition) is 2. The number of carbonyl (C=O) groups excluding carboxylic acids is 2. The SMILES string of the molecule is Cc1cccc(C)c1NC(=O)C(=O)NC(c1ccccc1)c1ccccc1.